The second-order valence-electron chi connectivity index (χ2n) is 6.97. The van der Waals surface area contributed by atoms with Crippen LogP contribution in [0.5, 0.6) is 0 Å². The van der Waals surface area contributed by atoms with Crippen molar-refractivity contribution in [3.05, 3.63) is 35.9 Å². The van der Waals surface area contributed by atoms with Crippen LogP contribution in [-0.2, 0) is 11.2 Å². The molecule has 27 heavy (non-hydrogen) atoms. The Labute approximate surface area is 156 Å². The van der Waals surface area contributed by atoms with Gasteiger partial charge < -0.3 is 21.1 Å². The van der Waals surface area contributed by atoms with Gasteiger partial charge in [0.15, 0.2) is 5.82 Å². The second-order valence-corrected chi connectivity index (χ2v) is 6.97. The van der Waals surface area contributed by atoms with Gasteiger partial charge in [0, 0.05) is 19.0 Å². The molecule has 9 heteroatoms. The first-order chi connectivity index (χ1) is 13.0. The Morgan fingerprint density at radius 2 is 2.19 bits per heavy atom. The Bertz CT molecular complexity index is 931. The van der Waals surface area contributed by atoms with Crippen molar-refractivity contribution in [2.75, 3.05) is 7.05 Å². The minimum absolute atomic E-state index is 0.000972. The van der Waals surface area contributed by atoms with E-state index in [0.29, 0.717) is 30.4 Å². The van der Waals surface area contributed by atoms with Crippen LogP contribution in [-0.4, -0.2) is 54.9 Å². The highest BCUT2D eigenvalue weighted by Gasteiger charge is 2.32. The molecule has 1 saturated carbocycles. The Morgan fingerprint density at radius 3 is 2.93 bits per heavy atom. The number of fused-ring (bicyclic) bond motifs is 1. The lowest BCUT2D eigenvalue weighted by Gasteiger charge is -2.30. The lowest BCUT2D eigenvalue weighted by atomic mass is 9.84. The van der Waals surface area contributed by atoms with Crippen LogP contribution in [0.4, 0.5) is 0 Å². The summed E-state index contributed by atoms with van der Waals surface area (Å²) in [6.07, 6.45) is 1.54. The third-order valence-electron chi connectivity index (χ3n) is 5.08. The van der Waals surface area contributed by atoms with E-state index in [9.17, 15) is 9.90 Å². The molecule has 9 nitrogen and oxygen atoms in total. The van der Waals surface area contributed by atoms with Crippen molar-refractivity contribution in [3.63, 3.8) is 0 Å². The van der Waals surface area contributed by atoms with Crippen molar-refractivity contribution >= 4 is 16.9 Å². The second kappa shape index (κ2) is 7.09. The molecule has 1 aliphatic carbocycles. The average molecular weight is 369 g/mol. The largest absolute Gasteiger partial charge is 0.391 e. The number of aromatic amines is 1. The normalized spacial score (nSPS) is 22.9. The highest BCUT2D eigenvalue weighted by molar-refractivity contribution is 5.77. The number of carbonyl (C=O) groups is 1. The summed E-state index contributed by atoms with van der Waals surface area (Å²) in [7, 11) is 1.58. The van der Waals surface area contributed by atoms with E-state index in [0.717, 1.165) is 17.5 Å². The molecule has 3 atom stereocenters. The van der Waals surface area contributed by atoms with Crippen molar-refractivity contribution in [2.24, 2.45) is 5.73 Å². The van der Waals surface area contributed by atoms with E-state index >= 15 is 0 Å². The number of H-pyrrole nitrogens is 1. The van der Waals surface area contributed by atoms with Crippen LogP contribution >= 0.6 is 0 Å². The third kappa shape index (κ3) is 3.43. The van der Waals surface area contributed by atoms with Gasteiger partial charge in [0.1, 0.15) is 5.82 Å². The predicted molar refractivity (Wildman–Crippen MR) is 99.4 cm³/mol. The number of hydrogen-bond donors (Lipinski definition) is 4. The lowest BCUT2D eigenvalue weighted by Crippen LogP contribution is -2.40. The molecule has 2 heterocycles. The number of nitrogens with zero attached hydrogens (tertiary/aromatic N) is 4. The molecule has 5 N–H and O–H groups in total. The molecule has 0 unspecified atom stereocenters. The molecular formula is C18H23N7O2. The SMILES string of the molecule is CNC(=O)Cc1nc([C@H]2CC[C@@H](N)[C@H](O)C2)n(-c2nc3ccccc3[nH]2)n1. The minimum atomic E-state index is -0.577. The maximum Gasteiger partial charge on any atom is 0.230 e. The minimum Gasteiger partial charge on any atom is -0.391 e. The van der Waals surface area contributed by atoms with Gasteiger partial charge in [0.2, 0.25) is 11.9 Å². The van der Waals surface area contributed by atoms with Crippen molar-refractivity contribution in [1.29, 1.82) is 0 Å². The summed E-state index contributed by atoms with van der Waals surface area (Å²) in [5.74, 6) is 1.51. The summed E-state index contributed by atoms with van der Waals surface area (Å²) in [6.45, 7) is 0. The molecule has 142 valence electrons. The van der Waals surface area contributed by atoms with Crippen molar-refractivity contribution in [3.8, 4) is 5.95 Å². The number of aromatic nitrogens is 5. The molecule has 0 aliphatic heterocycles. The van der Waals surface area contributed by atoms with Gasteiger partial charge in [0.05, 0.1) is 23.6 Å². The lowest BCUT2D eigenvalue weighted by molar-refractivity contribution is -0.120. The average Bonchev–Trinajstić information content (AvgIpc) is 3.27. The number of para-hydroxylation sites is 2. The molecule has 1 amide bonds. The summed E-state index contributed by atoms with van der Waals surface area (Å²) in [5, 5.41) is 17.3. The number of aliphatic hydroxyl groups is 1. The van der Waals surface area contributed by atoms with Crippen LogP contribution < -0.4 is 11.1 Å². The van der Waals surface area contributed by atoms with E-state index in [2.05, 4.69) is 25.4 Å². The summed E-state index contributed by atoms with van der Waals surface area (Å²) in [4.78, 5) is 24.2. The van der Waals surface area contributed by atoms with Gasteiger partial charge in [-0.3, -0.25) is 4.79 Å². The molecule has 0 spiro atoms. The van der Waals surface area contributed by atoms with Gasteiger partial charge in [-0.1, -0.05) is 12.1 Å². The number of nitrogens with one attached hydrogen (secondary N) is 2. The number of aliphatic hydroxyl groups excluding tert-OH is 1. The monoisotopic (exact) mass is 369 g/mol. The van der Waals surface area contributed by atoms with Gasteiger partial charge in [-0.25, -0.2) is 9.97 Å². The van der Waals surface area contributed by atoms with Crippen LogP contribution in [0, 0.1) is 0 Å². The molecule has 0 radical (unpaired) electrons. The molecule has 0 bridgehead atoms. The smallest absolute Gasteiger partial charge is 0.230 e. The van der Waals surface area contributed by atoms with Gasteiger partial charge in [0.25, 0.3) is 0 Å². The topological polar surface area (TPSA) is 135 Å². The van der Waals surface area contributed by atoms with Crippen molar-refractivity contribution in [1.82, 2.24) is 30.0 Å². The standard InChI is InChI=1S/C18H23N7O2/c1-20-16(27)9-15-23-17(10-6-7-11(19)14(26)8-10)25(24-15)18-21-12-4-2-3-5-13(12)22-18/h2-5,10-11,14,26H,6-9,19H2,1H3,(H,20,27)(H,21,22)/t10-,11+,14+/m0/s1. The molecule has 1 fully saturated rings. The summed E-state index contributed by atoms with van der Waals surface area (Å²) >= 11 is 0. The number of benzene rings is 1. The fourth-order valence-electron chi connectivity index (χ4n) is 3.54. The van der Waals surface area contributed by atoms with Crippen LogP contribution in [0.1, 0.15) is 36.8 Å². The van der Waals surface area contributed by atoms with Crippen LogP contribution in [0.3, 0.4) is 0 Å². The maximum absolute atomic E-state index is 11.8. The third-order valence-corrected chi connectivity index (χ3v) is 5.08. The van der Waals surface area contributed by atoms with Crippen LogP contribution in [0.25, 0.3) is 17.0 Å². The van der Waals surface area contributed by atoms with Crippen LogP contribution in [0.15, 0.2) is 24.3 Å². The fourth-order valence-corrected chi connectivity index (χ4v) is 3.54. The van der Waals surface area contributed by atoms with E-state index in [1.165, 1.54) is 0 Å². The summed E-state index contributed by atoms with van der Waals surface area (Å²) < 4.78 is 1.66. The first-order valence-corrected chi connectivity index (χ1v) is 9.10. The number of amides is 1. The van der Waals surface area contributed by atoms with E-state index in [1.54, 1.807) is 11.7 Å². The van der Waals surface area contributed by atoms with Gasteiger partial charge in [-0.2, -0.15) is 4.68 Å². The summed E-state index contributed by atoms with van der Waals surface area (Å²) in [6, 6.07) is 7.50. The number of carbonyl (C=O) groups excluding carboxylic acids is 1. The van der Waals surface area contributed by atoms with Crippen molar-refractivity contribution in [2.45, 2.75) is 43.7 Å². The van der Waals surface area contributed by atoms with Crippen LogP contribution in [0.2, 0.25) is 0 Å². The molecule has 1 aliphatic rings. The number of likely N-dealkylation sites (N-methyl/N-ethyl adjacent to an activating group) is 1. The zero-order valence-corrected chi connectivity index (χ0v) is 15.1. The number of rotatable bonds is 4. The van der Waals surface area contributed by atoms with E-state index in [1.807, 2.05) is 24.3 Å². The first-order valence-electron chi connectivity index (χ1n) is 9.10. The summed E-state index contributed by atoms with van der Waals surface area (Å²) in [5.41, 5.74) is 7.67. The molecule has 1 aromatic carbocycles. The van der Waals surface area contributed by atoms with E-state index in [-0.39, 0.29) is 24.3 Å². The van der Waals surface area contributed by atoms with Crippen molar-refractivity contribution < 1.29 is 9.90 Å². The van der Waals surface area contributed by atoms with Gasteiger partial charge >= 0.3 is 0 Å². The Kier molecular flexibility index (Phi) is 4.63. The highest BCUT2D eigenvalue weighted by Crippen LogP contribution is 2.32. The van der Waals surface area contributed by atoms with Gasteiger partial charge in [-0.15, -0.1) is 5.10 Å². The number of imidazole rings is 1. The Hall–Kier alpha value is -2.78. The first kappa shape index (κ1) is 17.6. The molecule has 4 rings (SSSR count). The Balaban J connectivity index is 1.75. The quantitative estimate of drug-likeness (QED) is 0.525. The molecular weight excluding hydrogens is 346 g/mol. The fraction of sp³-hybridized carbons (Fsp3) is 0.444. The van der Waals surface area contributed by atoms with E-state index in [4.69, 9.17) is 5.73 Å². The molecule has 2 aromatic heterocycles. The molecule has 3 aromatic rings. The number of hydrogen-bond acceptors (Lipinski definition) is 6. The maximum atomic E-state index is 11.8. The zero-order chi connectivity index (χ0) is 19.0. The Morgan fingerprint density at radius 1 is 1.37 bits per heavy atom. The highest BCUT2D eigenvalue weighted by atomic mass is 16.3. The van der Waals surface area contributed by atoms with Gasteiger partial charge in [-0.05, 0) is 31.4 Å². The molecule has 0 saturated heterocycles. The zero-order valence-electron chi connectivity index (χ0n) is 15.1. The van der Waals surface area contributed by atoms with E-state index < -0.39 is 6.10 Å². The predicted octanol–water partition coefficient (Wildman–Crippen LogP) is 0.388. The number of nitrogens with two attached hydrogens (primary N) is 1.